The van der Waals surface area contributed by atoms with E-state index >= 15 is 0 Å². The molecule has 0 N–H and O–H groups in total. The van der Waals surface area contributed by atoms with Crippen molar-refractivity contribution < 1.29 is 14.3 Å². The highest BCUT2D eigenvalue weighted by Gasteiger charge is 2.57. The minimum absolute atomic E-state index is 0.202. The molecule has 33 heavy (non-hydrogen) atoms. The molecule has 172 valence electrons. The first-order valence-corrected chi connectivity index (χ1v) is 11.6. The third-order valence-electron chi connectivity index (χ3n) is 7.50. The predicted octanol–water partition coefficient (Wildman–Crippen LogP) is 0.529. The Hall–Kier alpha value is -3.21. The molecule has 2 aromatic rings. The van der Waals surface area contributed by atoms with E-state index in [0.29, 0.717) is 11.7 Å². The first-order chi connectivity index (χ1) is 16.1. The number of piperidine rings is 1. The zero-order chi connectivity index (χ0) is 22.4. The van der Waals surface area contributed by atoms with Gasteiger partial charge in [0.1, 0.15) is 12.9 Å². The van der Waals surface area contributed by atoms with E-state index in [1.54, 1.807) is 12.4 Å². The van der Waals surface area contributed by atoms with Gasteiger partial charge >= 0.3 is 5.97 Å². The Kier molecular flexibility index (Phi) is 4.93. The molecule has 1 saturated carbocycles. The number of carbonyl (C=O) groups excluding carboxylic acids is 2. The van der Waals surface area contributed by atoms with Crippen LogP contribution in [0.3, 0.4) is 0 Å². The molecule has 0 aromatic carbocycles. The van der Waals surface area contributed by atoms with Crippen molar-refractivity contribution in [1.82, 2.24) is 40.0 Å². The predicted molar refractivity (Wildman–Crippen MR) is 114 cm³/mol. The van der Waals surface area contributed by atoms with Crippen molar-refractivity contribution in [1.29, 1.82) is 0 Å². The van der Waals surface area contributed by atoms with Gasteiger partial charge in [-0.3, -0.25) is 9.78 Å². The number of ether oxygens (including phenoxy) is 1. The summed E-state index contributed by atoms with van der Waals surface area (Å²) in [5.41, 5.74) is 1.37. The summed E-state index contributed by atoms with van der Waals surface area (Å²) in [5.74, 6) is 1.02. The van der Waals surface area contributed by atoms with Gasteiger partial charge in [0.15, 0.2) is 5.82 Å². The number of hydrogen-bond acceptors (Lipinski definition) is 9. The molecule has 4 aliphatic rings. The summed E-state index contributed by atoms with van der Waals surface area (Å²) < 4.78 is 6.59. The average molecular weight is 451 g/mol. The number of amides is 1. The van der Waals surface area contributed by atoms with Crippen LogP contribution in [0.2, 0.25) is 0 Å². The van der Waals surface area contributed by atoms with E-state index in [0.717, 1.165) is 56.7 Å². The third-order valence-corrected chi connectivity index (χ3v) is 7.50. The molecule has 2 aromatic heterocycles. The summed E-state index contributed by atoms with van der Waals surface area (Å²) in [6.45, 7) is 2.89. The number of nitrogens with zero attached hydrogens (tertiary/aromatic N) is 8. The molecule has 1 amide bonds. The number of likely N-dealkylation sites (tertiary alicyclic amines) is 2. The lowest BCUT2D eigenvalue weighted by Gasteiger charge is -2.38. The van der Waals surface area contributed by atoms with Gasteiger partial charge in [-0.2, -0.15) is 4.68 Å². The number of hydrogen-bond donors (Lipinski definition) is 0. The summed E-state index contributed by atoms with van der Waals surface area (Å²) in [6, 6.07) is 0.221. The lowest BCUT2D eigenvalue weighted by molar-refractivity contribution is -0.139. The van der Waals surface area contributed by atoms with Gasteiger partial charge in [0, 0.05) is 25.1 Å². The zero-order valence-corrected chi connectivity index (χ0v) is 18.3. The Morgan fingerprint density at radius 1 is 1.12 bits per heavy atom. The topological polar surface area (TPSA) is 119 Å². The van der Waals surface area contributed by atoms with E-state index in [-0.39, 0.29) is 29.9 Å². The molecular weight excluding hydrogens is 424 g/mol. The summed E-state index contributed by atoms with van der Waals surface area (Å²) in [7, 11) is 0. The van der Waals surface area contributed by atoms with Crippen LogP contribution in [0.4, 0.5) is 0 Å². The van der Waals surface area contributed by atoms with Crippen molar-refractivity contribution >= 4 is 11.9 Å². The van der Waals surface area contributed by atoms with Crippen molar-refractivity contribution in [2.45, 2.75) is 44.6 Å². The van der Waals surface area contributed by atoms with Crippen molar-refractivity contribution in [2.24, 2.45) is 11.3 Å². The van der Waals surface area contributed by atoms with Crippen LogP contribution in [0.5, 0.6) is 0 Å². The lowest BCUT2D eigenvalue weighted by Crippen LogP contribution is -2.45. The van der Waals surface area contributed by atoms with Gasteiger partial charge in [-0.05, 0) is 61.5 Å². The first-order valence-electron chi connectivity index (χ1n) is 11.6. The maximum atomic E-state index is 13.6. The van der Waals surface area contributed by atoms with Crippen LogP contribution >= 0.6 is 0 Å². The minimum Gasteiger partial charge on any atom is -0.456 e. The fourth-order valence-corrected chi connectivity index (χ4v) is 5.45. The van der Waals surface area contributed by atoms with Gasteiger partial charge in [-0.15, -0.1) is 5.10 Å². The Balaban J connectivity index is 1.07. The molecule has 3 aliphatic heterocycles. The van der Waals surface area contributed by atoms with Crippen molar-refractivity contribution in [3.8, 4) is 5.82 Å². The minimum atomic E-state index is -0.336. The van der Waals surface area contributed by atoms with Crippen LogP contribution in [-0.4, -0.2) is 84.1 Å². The molecule has 0 radical (unpaired) electrons. The average Bonchev–Trinajstić information content (AvgIpc) is 3.23. The van der Waals surface area contributed by atoms with Crippen LogP contribution in [-0.2, 0) is 20.7 Å². The maximum Gasteiger partial charge on any atom is 0.333 e. The molecule has 11 heteroatoms. The Labute approximate surface area is 190 Å². The smallest absolute Gasteiger partial charge is 0.333 e. The molecule has 0 bridgehead atoms. The van der Waals surface area contributed by atoms with Gasteiger partial charge < -0.3 is 14.5 Å². The Morgan fingerprint density at radius 2 is 1.97 bits per heavy atom. The number of aromatic nitrogens is 6. The first kappa shape index (κ1) is 20.4. The van der Waals surface area contributed by atoms with Gasteiger partial charge in [0.05, 0.1) is 29.2 Å². The molecule has 1 unspecified atom stereocenters. The fraction of sp³-hybridized carbons (Fsp3) is 0.591. The van der Waals surface area contributed by atoms with Gasteiger partial charge in [-0.25, -0.2) is 9.78 Å². The second kappa shape index (κ2) is 7.98. The fourth-order valence-electron chi connectivity index (χ4n) is 5.45. The van der Waals surface area contributed by atoms with E-state index in [9.17, 15) is 9.59 Å². The van der Waals surface area contributed by atoms with Crippen LogP contribution in [0.25, 0.3) is 5.82 Å². The highest BCUT2D eigenvalue weighted by atomic mass is 16.5. The largest absolute Gasteiger partial charge is 0.456 e. The summed E-state index contributed by atoms with van der Waals surface area (Å²) in [4.78, 5) is 38.4. The number of cyclic esters (lactones) is 1. The number of carbonyl (C=O) groups is 2. The van der Waals surface area contributed by atoms with Crippen molar-refractivity contribution in [2.75, 3.05) is 26.2 Å². The Bertz CT molecular complexity index is 1070. The van der Waals surface area contributed by atoms with Crippen molar-refractivity contribution in [3.63, 3.8) is 0 Å². The maximum absolute atomic E-state index is 13.6. The number of tetrazole rings is 1. The SMILES string of the molecule is O=C1C=C(N2C(=O)C3(CCN(CCc4cnc(-n5cnnn5)cn4)CC3)CC2C2CC2)CO1. The molecule has 1 atom stereocenters. The molecule has 3 fully saturated rings. The van der Waals surface area contributed by atoms with Crippen LogP contribution in [0.1, 0.15) is 37.8 Å². The third kappa shape index (κ3) is 3.79. The normalized spacial score (nSPS) is 25.0. The highest BCUT2D eigenvalue weighted by molar-refractivity contribution is 5.91. The molecule has 11 nitrogen and oxygen atoms in total. The molecule has 5 heterocycles. The van der Waals surface area contributed by atoms with E-state index in [1.165, 1.54) is 29.9 Å². The number of rotatable bonds is 6. The molecule has 1 aliphatic carbocycles. The van der Waals surface area contributed by atoms with Crippen LogP contribution in [0, 0.1) is 11.3 Å². The zero-order valence-electron chi connectivity index (χ0n) is 18.3. The van der Waals surface area contributed by atoms with E-state index in [2.05, 4.69) is 30.4 Å². The molecular formula is C22H26N8O3. The summed E-state index contributed by atoms with van der Waals surface area (Å²) in [6.07, 6.45) is 12.2. The quantitative estimate of drug-likeness (QED) is 0.581. The lowest BCUT2D eigenvalue weighted by atomic mass is 9.75. The van der Waals surface area contributed by atoms with Gasteiger partial charge in [0.2, 0.25) is 5.91 Å². The highest BCUT2D eigenvalue weighted by Crippen LogP contribution is 2.52. The van der Waals surface area contributed by atoms with E-state index in [1.807, 2.05) is 4.90 Å². The summed E-state index contributed by atoms with van der Waals surface area (Å²) >= 11 is 0. The van der Waals surface area contributed by atoms with Crippen LogP contribution in [0.15, 0.2) is 30.5 Å². The molecule has 2 saturated heterocycles. The second-order valence-electron chi connectivity index (χ2n) is 9.52. The summed E-state index contributed by atoms with van der Waals surface area (Å²) in [5, 5.41) is 11.0. The second-order valence-corrected chi connectivity index (χ2v) is 9.52. The van der Waals surface area contributed by atoms with Gasteiger partial charge in [0.25, 0.3) is 0 Å². The standard InChI is InChI=1S/C22H26N8O3/c31-20-9-17(13-33-20)30-18(15-1-2-15)10-22(21(30)32)4-7-28(8-5-22)6-3-16-11-24-19(12-23-16)29-14-25-26-27-29/h9,11-12,14-15,18H,1-8,10,13H2. The Morgan fingerprint density at radius 3 is 2.61 bits per heavy atom. The van der Waals surface area contributed by atoms with E-state index < -0.39 is 0 Å². The van der Waals surface area contributed by atoms with Gasteiger partial charge in [-0.1, -0.05) is 0 Å². The van der Waals surface area contributed by atoms with E-state index in [4.69, 9.17) is 4.74 Å². The number of esters is 1. The van der Waals surface area contributed by atoms with Crippen LogP contribution < -0.4 is 0 Å². The van der Waals surface area contributed by atoms with Crippen molar-refractivity contribution in [3.05, 3.63) is 36.2 Å². The molecule has 1 spiro atoms. The monoisotopic (exact) mass is 450 g/mol. The molecule has 6 rings (SSSR count).